The van der Waals surface area contributed by atoms with Gasteiger partial charge in [-0.05, 0) is 33.8 Å². The molecule has 1 atom stereocenters. The summed E-state index contributed by atoms with van der Waals surface area (Å²) in [4.78, 5) is 12.1. The molecule has 2 aromatic heterocycles. The van der Waals surface area contributed by atoms with Gasteiger partial charge in [0.1, 0.15) is 17.5 Å². The summed E-state index contributed by atoms with van der Waals surface area (Å²) in [6, 6.07) is 3.40. The molecule has 0 aliphatic carbocycles. The highest BCUT2D eigenvalue weighted by Crippen LogP contribution is 2.11. The number of carbonyl (C=O) groups excluding carboxylic acids is 1. The minimum Gasteiger partial charge on any atom is -0.361 e. The summed E-state index contributed by atoms with van der Waals surface area (Å²) in [6.07, 6.45) is 0. The molecule has 0 spiro atoms. The Morgan fingerprint density at radius 1 is 1.42 bits per heavy atom. The van der Waals surface area contributed by atoms with Crippen LogP contribution in [0.1, 0.15) is 35.8 Å². The first-order valence-corrected chi connectivity index (χ1v) is 6.20. The van der Waals surface area contributed by atoms with Gasteiger partial charge in [-0.3, -0.25) is 9.48 Å². The van der Waals surface area contributed by atoms with Gasteiger partial charge in [0.05, 0.1) is 12.2 Å². The van der Waals surface area contributed by atoms with Crippen LogP contribution in [-0.4, -0.2) is 20.8 Å². The van der Waals surface area contributed by atoms with E-state index in [9.17, 15) is 4.79 Å². The summed E-state index contributed by atoms with van der Waals surface area (Å²) in [7, 11) is 0. The van der Waals surface area contributed by atoms with E-state index in [1.807, 2.05) is 33.8 Å². The van der Waals surface area contributed by atoms with E-state index in [1.54, 1.807) is 10.7 Å². The predicted molar refractivity (Wildman–Crippen MR) is 69.5 cm³/mol. The summed E-state index contributed by atoms with van der Waals surface area (Å²) in [5, 5.41) is 11.0. The van der Waals surface area contributed by atoms with Crippen molar-refractivity contribution in [2.24, 2.45) is 0 Å². The van der Waals surface area contributed by atoms with Crippen LogP contribution >= 0.6 is 0 Å². The molecule has 0 aliphatic heterocycles. The maximum atomic E-state index is 12.1. The number of aromatic nitrogens is 3. The lowest BCUT2D eigenvalue weighted by molar-refractivity contribution is -0.124. The van der Waals surface area contributed by atoms with Crippen molar-refractivity contribution in [1.82, 2.24) is 20.3 Å². The molecule has 2 aromatic rings. The fourth-order valence-corrected chi connectivity index (χ4v) is 1.98. The van der Waals surface area contributed by atoms with Gasteiger partial charge in [-0.25, -0.2) is 0 Å². The van der Waals surface area contributed by atoms with Crippen LogP contribution in [0.15, 0.2) is 16.7 Å². The van der Waals surface area contributed by atoms with Crippen molar-refractivity contribution in [3.63, 3.8) is 0 Å². The van der Waals surface area contributed by atoms with Crippen molar-refractivity contribution in [2.75, 3.05) is 0 Å². The predicted octanol–water partition coefficient (Wildman–Crippen LogP) is 1.67. The normalized spacial score (nSPS) is 12.4. The van der Waals surface area contributed by atoms with Gasteiger partial charge in [-0.15, -0.1) is 0 Å². The molecule has 1 amide bonds. The molecule has 6 nitrogen and oxygen atoms in total. The molecular weight excluding hydrogens is 244 g/mol. The zero-order valence-electron chi connectivity index (χ0n) is 11.6. The highest BCUT2D eigenvalue weighted by Gasteiger charge is 2.17. The molecule has 0 aromatic carbocycles. The molecule has 0 saturated carbocycles. The molecule has 0 aliphatic rings. The van der Waals surface area contributed by atoms with E-state index in [1.165, 1.54) is 0 Å². The highest BCUT2D eigenvalue weighted by molar-refractivity contribution is 5.79. The zero-order valence-corrected chi connectivity index (χ0v) is 11.6. The van der Waals surface area contributed by atoms with E-state index in [-0.39, 0.29) is 11.9 Å². The standard InChI is InChI=1S/C13H18N4O2/c1-8-5-9(2)17(15-8)11(4)13(18)14-7-12-6-10(3)19-16-12/h5-6,11H,7H2,1-4H3,(H,14,18)/t11-/m1/s1. The summed E-state index contributed by atoms with van der Waals surface area (Å²) in [6.45, 7) is 7.84. The smallest absolute Gasteiger partial charge is 0.244 e. The molecule has 0 fully saturated rings. The Morgan fingerprint density at radius 3 is 2.68 bits per heavy atom. The fraction of sp³-hybridized carbons (Fsp3) is 0.462. The lowest BCUT2D eigenvalue weighted by Crippen LogP contribution is -2.31. The lowest BCUT2D eigenvalue weighted by Gasteiger charge is -2.13. The van der Waals surface area contributed by atoms with Gasteiger partial charge in [-0.2, -0.15) is 5.10 Å². The highest BCUT2D eigenvalue weighted by atomic mass is 16.5. The number of hydrogen-bond donors (Lipinski definition) is 1. The third-order valence-corrected chi connectivity index (χ3v) is 2.91. The first-order chi connectivity index (χ1) is 8.97. The van der Waals surface area contributed by atoms with Gasteiger partial charge in [0.15, 0.2) is 0 Å². The van der Waals surface area contributed by atoms with Crippen LogP contribution in [-0.2, 0) is 11.3 Å². The maximum absolute atomic E-state index is 12.1. The number of hydrogen-bond acceptors (Lipinski definition) is 4. The number of aryl methyl sites for hydroxylation is 3. The van der Waals surface area contributed by atoms with Gasteiger partial charge in [0.25, 0.3) is 0 Å². The van der Waals surface area contributed by atoms with E-state index in [2.05, 4.69) is 15.6 Å². The molecule has 0 bridgehead atoms. The second-order valence-corrected chi connectivity index (χ2v) is 4.69. The third-order valence-electron chi connectivity index (χ3n) is 2.91. The van der Waals surface area contributed by atoms with Gasteiger partial charge >= 0.3 is 0 Å². The lowest BCUT2D eigenvalue weighted by atomic mass is 10.3. The second kappa shape index (κ2) is 5.26. The van der Waals surface area contributed by atoms with Crippen molar-refractivity contribution in [1.29, 1.82) is 0 Å². The average Bonchev–Trinajstić information content (AvgIpc) is 2.91. The Kier molecular flexibility index (Phi) is 3.69. The number of nitrogens with zero attached hydrogens (tertiary/aromatic N) is 3. The quantitative estimate of drug-likeness (QED) is 0.909. The minimum absolute atomic E-state index is 0.0909. The van der Waals surface area contributed by atoms with Crippen LogP contribution in [0.2, 0.25) is 0 Å². The van der Waals surface area contributed by atoms with Crippen molar-refractivity contribution in [2.45, 2.75) is 40.3 Å². The van der Waals surface area contributed by atoms with E-state index in [0.717, 1.165) is 17.1 Å². The van der Waals surface area contributed by atoms with Crippen LogP contribution in [0.5, 0.6) is 0 Å². The summed E-state index contributed by atoms with van der Waals surface area (Å²) >= 11 is 0. The van der Waals surface area contributed by atoms with E-state index in [4.69, 9.17) is 4.52 Å². The maximum Gasteiger partial charge on any atom is 0.244 e. The van der Waals surface area contributed by atoms with Gasteiger partial charge in [0.2, 0.25) is 5.91 Å². The van der Waals surface area contributed by atoms with Crippen molar-refractivity contribution in [3.8, 4) is 0 Å². The van der Waals surface area contributed by atoms with Crippen LogP contribution in [0.3, 0.4) is 0 Å². The molecule has 102 valence electrons. The number of amides is 1. The Balaban J connectivity index is 1.98. The summed E-state index contributed by atoms with van der Waals surface area (Å²) in [5.41, 5.74) is 2.59. The topological polar surface area (TPSA) is 73.0 Å². The zero-order chi connectivity index (χ0) is 14.0. The molecule has 6 heteroatoms. The molecular formula is C13H18N4O2. The van der Waals surface area contributed by atoms with E-state index < -0.39 is 0 Å². The van der Waals surface area contributed by atoms with Crippen LogP contribution in [0.25, 0.3) is 0 Å². The molecule has 0 radical (unpaired) electrons. The third kappa shape index (κ3) is 3.01. The van der Waals surface area contributed by atoms with Crippen molar-refractivity contribution in [3.05, 3.63) is 35.0 Å². The number of carbonyl (C=O) groups is 1. The van der Waals surface area contributed by atoms with Crippen LogP contribution in [0, 0.1) is 20.8 Å². The van der Waals surface area contributed by atoms with Crippen LogP contribution in [0.4, 0.5) is 0 Å². The first-order valence-electron chi connectivity index (χ1n) is 6.20. The van der Waals surface area contributed by atoms with E-state index >= 15 is 0 Å². The Morgan fingerprint density at radius 2 is 2.16 bits per heavy atom. The average molecular weight is 262 g/mol. The second-order valence-electron chi connectivity index (χ2n) is 4.69. The monoisotopic (exact) mass is 262 g/mol. The first kappa shape index (κ1) is 13.3. The molecule has 1 N–H and O–H groups in total. The van der Waals surface area contributed by atoms with Crippen molar-refractivity contribution >= 4 is 5.91 Å². The van der Waals surface area contributed by atoms with Gasteiger partial charge < -0.3 is 9.84 Å². The molecule has 0 saturated heterocycles. The minimum atomic E-state index is -0.346. The Bertz CT molecular complexity index is 585. The summed E-state index contributed by atoms with van der Waals surface area (Å²) < 4.78 is 6.67. The molecule has 2 heterocycles. The molecule has 2 rings (SSSR count). The fourth-order valence-electron chi connectivity index (χ4n) is 1.98. The Hall–Kier alpha value is -2.11. The van der Waals surface area contributed by atoms with Crippen LogP contribution < -0.4 is 5.32 Å². The van der Waals surface area contributed by atoms with Gasteiger partial charge in [-0.1, -0.05) is 5.16 Å². The summed E-state index contributed by atoms with van der Waals surface area (Å²) in [5.74, 6) is 0.641. The van der Waals surface area contributed by atoms with E-state index in [0.29, 0.717) is 12.2 Å². The molecule has 0 unspecified atom stereocenters. The van der Waals surface area contributed by atoms with Crippen molar-refractivity contribution < 1.29 is 9.32 Å². The Labute approximate surface area is 111 Å². The number of nitrogens with one attached hydrogen (secondary N) is 1. The SMILES string of the molecule is Cc1cc(C)n([C@H](C)C(=O)NCc2cc(C)on2)n1. The molecule has 19 heavy (non-hydrogen) atoms. The largest absolute Gasteiger partial charge is 0.361 e. The number of rotatable bonds is 4. The van der Waals surface area contributed by atoms with Gasteiger partial charge in [0, 0.05) is 11.8 Å².